The monoisotopic (exact) mass is 354 g/mol. The number of rotatable bonds is 6. The fourth-order valence-electron chi connectivity index (χ4n) is 1.79. The number of hydrogen-bond donors (Lipinski definition) is 1. The van der Waals surface area contributed by atoms with Gasteiger partial charge in [-0.25, -0.2) is 0 Å². The summed E-state index contributed by atoms with van der Waals surface area (Å²) in [7, 11) is 0. The number of benzene rings is 1. The molecule has 0 aliphatic rings. The Morgan fingerprint density at radius 1 is 1.30 bits per heavy atom. The third-order valence-corrected chi connectivity index (χ3v) is 3.52. The highest BCUT2D eigenvalue weighted by molar-refractivity contribution is 9.10. The molecule has 2 aromatic rings. The Hall–Kier alpha value is -1.26. The first-order valence-corrected chi connectivity index (χ1v) is 7.71. The molecule has 0 aliphatic heterocycles. The lowest BCUT2D eigenvalue weighted by Crippen LogP contribution is -2.02. The van der Waals surface area contributed by atoms with Crippen molar-refractivity contribution in [3.8, 4) is 5.75 Å². The summed E-state index contributed by atoms with van der Waals surface area (Å²) in [4.78, 5) is 4.32. The second-order valence-electron chi connectivity index (χ2n) is 4.21. The van der Waals surface area contributed by atoms with Crippen LogP contribution in [0.15, 0.2) is 41.0 Å². The molecule has 1 aromatic heterocycles. The summed E-state index contributed by atoms with van der Waals surface area (Å²) < 4.78 is 6.51. The van der Waals surface area contributed by atoms with Gasteiger partial charge in [0, 0.05) is 21.9 Å². The van der Waals surface area contributed by atoms with Gasteiger partial charge in [-0.1, -0.05) is 0 Å². The molecular weight excluding hydrogens is 340 g/mol. The average molecular weight is 356 g/mol. The summed E-state index contributed by atoms with van der Waals surface area (Å²) in [6.07, 6.45) is 1.79. The van der Waals surface area contributed by atoms with Gasteiger partial charge in [-0.3, -0.25) is 4.98 Å². The predicted octanol–water partition coefficient (Wildman–Crippen LogP) is 4.59. The minimum Gasteiger partial charge on any atom is -0.494 e. The van der Waals surface area contributed by atoms with Crippen LogP contribution in [0.5, 0.6) is 5.75 Å². The topological polar surface area (TPSA) is 34.1 Å². The predicted molar refractivity (Wildman–Crippen MR) is 86.4 cm³/mol. The van der Waals surface area contributed by atoms with Crippen molar-refractivity contribution in [1.29, 1.82) is 0 Å². The van der Waals surface area contributed by atoms with E-state index in [9.17, 15) is 0 Å². The van der Waals surface area contributed by atoms with E-state index < -0.39 is 0 Å². The van der Waals surface area contributed by atoms with Gasteiger partial charge in [-0.2, -0.15) is 0 Å². The van der Waals surface area contributed by atoms with Crippen LogP contribution in [-0.2, 0) is 12.4 Å². The maximum absolute atomic E-state index is 5.95. The first-order chi connectivity index (χ1) is 9.72. The second kappa shape index (κ2) is 7.50. The molecule has 0 aliphatic carbocycles. The Kier molecular flexibility index (Phi) is 5.68. The van der Waals surface area contributed by atoms with Crippen molar-refractivity contribution in [3.63, 3.8) is 0 Å². The van der Waals surface area contributed by atoms with E-state index in [4.69, 9.17) is 16.3 Å². The zero-order chi connectivity index (χ0) is 14.4. The van der Waals surface area contributed by atoms with Crippen molar-refractivity contribution >= 4 is 33.2 Å². The largest absolute Gasteiger partial charge is 0.494 e. The van der Waals surface area contributed by atoms with Crippen LogP contribution in [-0.4, -0.2) is 11.6 Å². The van der Waals surface area contributed by atoms with Crippen molar-refractivity contribution in [2.24, 2.45) is 0 Å². The minimum absolute atomic E-state index is 0.432. The van der Waals surface area contributed by atoms with Gasteiger partial charge in [0.2, 0.25) is 0 Å². The van der Waals surface area contributed by atoms with Crippen molar-refractivity contribution in [2.75, 3.05) is 11.9 Å². The van der Waals surface area contributed by atoms with E-state index in [2.05, 4.69) is 26.2 Å². The number of pyridine rings is 1. The normalized spacial score (nSPS) is 10.3. The van der Waals surface area contributed by atoms with Crippen LogP contribution in [0.25, 0.3) is 0 Å². The molecule has 0 unspecified atom stereocenters. The number of nitrogens with one attached hydrogen (secondary N) is 1. The number of halogens is 2. The molecule has 1 heterocycles. The smallest absolute Gasteiger partial charge is 0.123 e. The maximum atomic E-state index is 5.95. The highest BCUT2D eigenvalue weighted by Gasteiger charge is 2.04. The summed E-state index contributed by atoms with van der Waals surface area (Å²) in [5.74, 6) is 1.27. The summed E-state index contributed by atoms with van der Waals surface area (Å²) in [5, 5.41) is 3.33. The van der Waals surface area contributed by atoms with Crippen molar-refractivity contribution in [3.05, 3.63) is 52.3 Å². The molecule has 2 rings (SSSR count). The Labute approximate surface area is 132 Å². The molecule has 0 fully saturated rings. The van der Waals surface area contributed by atoms with Gasteiger partial charge in [0.15, 0.2) is 0 Å². The molecule has 0 saturated carbocycles. The van der Waals surface area contributed by atoms with Crippen LogP contribution in [0.4, 0.5) is 5.69 Å². The van der Waals surface area contributed by atoms with E-state index in [1.54, 1.807) is 6.20 Å². The van der Waals surface area contributed by atoms with Crippen LogP contribution in [0.3, 0.4) is 0 Å². The van der Waals surface area contributed by atoms with Gasteiger partial charge < -0.3 is 10.1 Å². The van der Waals surface area contributed by atoms with Crippen molar-refractivity contribution in [1.82, 2.24) is 4.98 Å². The molecule has 0 bridgehead atoms. The average Bonchev–Trinajstić information content (AvgIpc) is 2.48. The SMILES string of the molecule is CCOc1ccc(NCc2ccc(Br)cn2)cc1CCl. The molecule has 106 valence electrons. The van der Waals surface area contributed by atoms with Gasteiger partial charge in [0.1, 0.15) is 5.75 Å². The minimum atomic E-state index is 0.432. The molecule has 1 aromatic carbocycles. The molecular formula is C15H16BrClN2O. The number of ether oxygens (including phenoxy) is 1. The molecule has 1 N–H and O–H groups in total. The van der Waals surface area contributed by atoms with Gasteiger partial charge in [-0.05, 0) is 53.2 Å². The van der Waals surface area contributed by atoms with Gasteiger partial charge >= 0.3 is 0 Å². The van der Waals surface area contributed by atoms with Crippen LogP contribution < -0.4 is 10.1 Å². The quantitative estimate of drug-likeness (QED) is 0.769. The molecule has 0 atom stereocenters. The number of aromatic nitrogens is 1. The summed E-state index contributed by atoms with van der Waals surface area (Å²) in [6.45, 7) is 3.27. The Bertz CT molecular complexity index is 560. The van der Waals surface area contributed by atoms with Crippen LogP contribution >= 0.6 is 27.5 Å². The van der Waals surface area contributed by atoms with E-state index in [0.717, 1.165) is 27.2 Å². The van der Waals surface area contributed by atoms with E-state index >= 15 is 0 Å². The molecule has 5 heteroatoms. The number of anilines is 1. The van der Waals surface area contributed by atoms with Gasteiger partial charge in [-0.15, -0.1) is 11.6 Å². The standard InChI is InChI=1S/C15H16BrClN2O/c1-2-20-15-6-5-13(7-11(15)8-17)19-10-14-4-3-12(16)9-18-14/h3-7,9,19H,2,8,10H2,1H3. The van der Waals surface area contributed by atoms with E-state index in [0.29, 0.717) is 19.0 Å². The molecule has 0 spiro atoms. The summed E-state index contributed by atoms with van der Waals surface area (Å²) >= 11 is 9.32. The van der Waals surface area contributed by atoms with Crippen LogP contribution in [0.2, 0.25) is 0 Å². The maximum Gasteiger partial charge on any atom is 0.123 e. The van der Waals surface area contributed by atoms with Crippen LogP contribution in [0, 0.1) is 0 Å². The third-order valence-electron chi connectivity index (χ3n) is 2.77. The lowest BCUT2D eigenvalue weighted by Gasteiger charge is -2.11. The van der Waals surface area contributed by atoms with Gasteiger partial charge in [0.05, 0.1) is 24.7 Å². The van der Waals surface area contributed by atoms with Crippen LogP contribution in [0.1, 0.15) is 18.2 Å². The lowest BCUT2D eigenvalue weighted by molar-refractivity contribution is 0.337. The number of nitrogens with zero attached hydrogens (tertiary/aromatic N) is 1. The Morgan fingerprint density at radius 3 is 2.80 bits per heavy atom. The van der Waals surface area contributed by atoms with E-state index in [1.807, 2.05) is 37.3 Å². The fraction of sp³-hybridized carbons (Fsp3) is 0.267. The zero-order valence-electron chi connectivity index (χ0n) is 11.2. The molecule has 3 nitrogen and oxygen atoms in total. The number of alkyl halides is 1. The Balaban J connectivity index is 2.04. The number of hydrogen-bond acceptors (Lipinski definition) is 3. The third kappa shape index (κ3) is 4.12. The first-order valence-electron chi connectivity index (χ1n) is 6.39. The highest BCUT2D eigenvalue weighted by Crippen LogP contribution is 2.24. The molecule has 0 radical (unpaired) electrons. The van der Waals surface area contributed by atoms with Crippen molar-refractivity contribution in [2.45, 2.75) is 19.3 Å². The second-order valence-corrected chi connectivity index (χ2v) is 5.39. The van der Waals surface area contributed by atoms with E-state index in [-0.39, 0.29) is 0 Å². The Morgan fingerprint density at radius 2 is 2.15 bits per heavy atom. The highest BCUT2D eigenvalue weighted by atomic mass is 79.9. The van der Waals surface area contributed by atoms with Crippen molar-refractivity contribution < 1.29 is 4.74 Å². The van der Waals surface area contributed by atoms with E-state index in [1.165, 1.54) is 0 Å². The zero-order valence-corrected chi connectivity index (χ0v) is 13.5. The first kappa shape index (κ1) is 15.1. The van der Waals surface area contributed by atoms with Gasteiger partial charge in [0.25, 0.3) is 0 Å². The lowest BCUT2D eigenvalue weighted by atomic mass is 10.2. The summed E-state index contributed by atoms with van der Waals surface area (Å²) in [5.41, 5.74) is 2.98. The molecule has 20 heavy (non-hydrogen) atoms. The molecule has 0 amide bonds. The molecule has 0 saturated heterocycles. The summed E-state index contributed by atoms with van der Waals surface area (Å²) in [6, 6.07) is 9.90. The fourth-order valence-corrected chi connectivity index (χ4v) is 2.24.